The molecule has 26 heavy (non-hydrogen) atoms. The van der Waals surface area contributed by atoms with E-state index in [-0.39, 0.29) is 12.0 Å². The third-order valence-corrected chi connectivity index (χ3v) is 4.97. The van der Waals surface area contributed by atoms with Crippen LogP contribution >= 0.6 is 23.2 Å². The minimum absolute atomic E-state index is 0.00974. The zero-order valence-corrected chi connectivity index (χ0v) is 16.1. The minimum atomic E-state index is -0.0715. The molecule has 0 unspecified atom stereocenters. The van der Waals surface area contributed by atoms with Gasteiger partial charge in [-0.3, -0.25) is 14.7 Å². The average Bonchev–Trinajstić information content (AvgIpc) is 3.06. The van der Waals surface area contributed by atoms with Crippen molar-refractivity contribution < 1.29 is 14.3 Å². The number of methoxy groups -OCH3 is 1. The molecule has 1 aromatic rings. The van der Waals surface area contributed by atoms with Crippen molar-refractivity contribution in [1.82, 2.24) is 10.2 Å². The summed E-state index contributed by atoms with van der Waals surface area (Å²) in [6.45, 7) is 3.55. The number of halogens is 2. The number of carbonyl (C=O) groups excluding carboxylic acids is 1. The summed E-state index contributed by atoms with van der Waals surface area (Å²) in [5, 5.41) is 10.1. The van der Waals surface area contributed by atoms with E-state index in [1.807, 2.05) is 6.07 Å². The number of ether oxygens (including phenoxy) is 2. The molecule has 0 aromatic heterocycles. The molecule has 1 N–H and O–H groups in total. The van der Waals surface area contributed by atoms with Crippen LogP contribution in [0.15, 0.2) is 23.3 Å². The van der Waals surface area contributed by atoms with Crippen molar-refractivity contribution in [3.05, 3.63) is 28.2 Å². The second kappa shape index (κ2) is 9.01. The number of benzene rings is 1. The standard InChI is InChI=1S/C17H22Cl2N4O3/c1-25-11-13-9-22(6-7-26-13)10-17(24)20-16-4-5-23(21-16)12-2-3-14(18)15(19)8-12/h2-3,8,13H,4-7,9-11H2,1H3,(H,20,21,24)/t13-/m1/s1. The second-order valence-electron chi connectivity index (χ2n) is 6.25. The van der Waals surface area contributed by atoms with Crippen LogP contribution in [0.25, 0.3) is 0 Å². The maximum absolute atomic E-state index is 12.3. The van der Waals surface area contributed by atoms with Gasteiger partial charge < -0.3 is 14.8 Å². The highest BCUT2D eigenvalue weighted by Gasteiger charge is 2.23. The van der Waals surface area contributed by atoms with Crippen LogP contribution in [-0.2, 0) is 14.3 Å². The van der Waals surface area contributed by atoms with Crippen LogP contribution in [0.1, 0.15) is 6.42 Å². The van der Waals surface area contributed by atoms with Gasteiger partial charge in [-0.25, -0.2) is 0 Å². The third-order valence-electron chi connectivity index (χ3n) is 4.23. The molecule has 1 saturated heterocycles. The summed E-state index contributed by atoms with van der Waals surface area (Å²) in [5.41, 5.74) is 0.847. The van der Waals surface area contributed by atoms with Gasteiger partial charge in [0.1, 0.15) is 5.84 Å². The Morgan fingerprint density at radius 2 is 2.23 bits per heavy atom. The van der Waals surface area contributed by atoms with E-state index in [1.54, 1.807) is 24.3 Å². The van der Waals surface area contributed by atoms with Crippen molar-refractivity contribution in [3.8, 4) is 0 Å². The molecule has 7 nitrogen and oxygen atoms in total. The van der Waals surface area contributed by atoms with Crippen LogP contribution < -0.4 is 10.3 Å². The number of morpholine rings is 1. The molecule has 0 radical (unpaired) electrons. The predicted octanol–water partition coefficient (Wildman–Crippen LogP) is 1.98. The van der Waals surface area contributed by atoms with Crippen molar-refractivity contribution in [2.24, 2.45) is 5.10 Å². The predicted molar refractivity (Wildman–Crippen MR) is 102 cm³/mol. The Kier molecular flexibility index (Phi) is 6.72. The number of nitrogens with one attached hydrogen (secondary N) is 1. The molecule has 0 saturated carbocycles. The molecule has 142 valence electrons. The molecular weight excluding hydrogens is 379 g/mol. The summed E-state index contributed by atoms with van der Waals surface area (Å²) in [7, 11) is 1.65. The van der Waals surface area contributed by atoms with Gasteiger partial charge in [-0.05, 0) is 18.2 Å². The van der Waals surface area contributed by atoms with Gasteiger partial charge in [0.25, 0.3) is 0 Å². The zero-order chi connectivity index (χ0) is 18.5. The largest absolute Gasteiger partial charge is 0.382 e. The van der Waals surface area contributed by atoms with Gasteiger partial charge in [0.15, 0.2) is 0 Å². The lowest BCUT2D eigenvalue weighted by molar-refractivity contribution is -0.123. The van der Waals surface area contributed by atoms with E-state index >= 15 is 0 Å². The van der Waals surface area contributed by atoms with Crippen molar-refractivity contribution >= 4 is 40.6 Å². The lowest BCUT2D eigenvalue weighted by Gasteiger charge is -2.31. The Balaban J connectivity index is 1.52. The van der Waals surface area contributed by atoms with Crippen LogP contribution in [-0.4, -0.2) is 69.2 Å². The molecule has 2 aliphatic heterocycles. The minimum Gasteiger partial charge on any atom is -0.382 e. The molecule has 9 heteroatoms. The number of amides is 1. The number of hydrazone groups is 1. The zero-order valence-electron chi connectivity index (χ0n) is 14.6. The van der Waals surface area contributed by atoms with Crippen LogP contribution in [0.5, 0.6) is 0 Å². The number of hydrogen-bond donors (Lipinski definition) is 1. The van der Waals surface area contributed by atoms with Gasteiger partial charge in [-0.1, -0.05) is 23.2 Å². The van der Waals surface area contributed by atoms with Gasteiger partial charge in [0, 0.05) is 33.2 Å². The Hall–Kier alpha value is -1.38. The Bertz CT molecular complexity index is 684. The highest BCUT2D eigenvalue weighted by molar-refractivity contribution is 6.42. The van der Waals surface area contributed by atoms with E-state index < -0.39 is 0 Å². The van der Waals surface area contributed by atoms with Crippen LogP contribution in [0.3, 0.4) is 0 Å². The Labute approximate surface area is 162 Å². The fourth-order valence-corrected chi connectivity index (χ4v) is 3.28. The second-order valence-corrected chi connectivity index (χ2v) is 7.06. The first kappa shape index (κ1) is 19.4. The molecule has 1 amide bonds. The van der Waals surface area contributed by atoms with Gasteiger partial charge in [0.2, 0.25) is 5.91 Å². The van der Waals surface area contributed by atoms with Gasteiger partial charge in [-0.2, -0.15) is 5.10 Å². The Morgan fingerprint density at radius 3 is 3.00 bits per heavy atom. The van der Waals surface area contributed by atoms with E-state index in [2.05, 4.69) is 15.3 Å². The van der Waals surface area contributed by atoms with E-state index in [9.17, 15) is 4.79 Å². The van der Waals surface area contributed by atoms with Crippen molar-refractivity contribution in [3.63, 3.8) is 0 Å². The molecule has 2 aliphatic rings. The van der Waals surface area contributed by atoms with Crippen LogP contribution in [0, 0.1) is 0 Å². The molecule has 0 bridgehead atoms. The molecule has 3 rings (SSSR count). The van der Waals surface area contributed by atoms with Crippen molar-refractivity contribution in [1.29, 1.82) is 0 Å². The summed E-state index contributed by atoms with van der Waals surface area (Å²) in [6.07, 6.45) is 0.678. The van der Waals surface area contributed by atoms with Crippen molar-refractivity contribution in [2.75, 3.05) is 51.5 Å². The first-order chi connectivity index (χ1) is 12.5. The van der Waals surface area contributed by atoms with E-state index in [4.69, 9.17) is 32.7 Å². The normalized spacial score (nSPS) is 21.0. The topological polar surface area (TPSA) is 66.4 Å². The highest BCUT2D eigenvalue weighted by atomic mass is 35.5. The molecule has 1 fully saturated rings. The maximum atomic E-state index is 12.3. The number of amidine groups is 1. The van der Waals surface area contributed by atoms with Crippen LogP contribution in [0.4, 0.5) is 5.69 Å². The first-order valence-electron chi connectivity index (χ1n) is 8.48. The summed E-state index contributed by atoms with van der Waals surface area (Å²) in [5.74, 6) is 0.584. The smallest absolute Gasteiger partial charge is 0.239 e. The average molecular weight is 401 g/mol. The number of anilines is 1. The lowest BCUT2D eigenvalue weighted by atomic mass is 10.3. The summed E-state index contributed by atoms with van der Waals surface area (Å²) >= 11 is 12.0. The molecule has 2 heterocycles. The summed E-state index contributed by atoms with van der Waals surface area (Å²) < 4.78 is 10.7. The molecule has 0 spiro atoms. The molecule has 1 aromatic carbocycles. The monoisotopic (exact) mass is 400 g/mol. The molecule has 0 aliphatic carbocycles. The summed E-state index contributed by atoms with van der Waals surface area (Å²) in [4.78, 5) is 14.4. The number of hydrogen-bond acceptors (Lipinski definition) is 6. The molecular formula is C17H22Cl2N4O3. The molecule has 1 atom stereocenters. The van der Waals surface area contributed by atoms with Gasteiger partial charge in [-0.15, -0.1) is 0 Å². The number of nitrogens with zero attached hydrogens (tertiary/aromatic N) is 3. The van der Waals surface area contributed by atoms with E-state index in [1.165, 1.54) is 0 Å². The first-order valence-corrected chi connectivity index (χ1v) is 9.23. The van der Waals surface area contributed by atoms with Crippen molar-refractivity contribution in [2.45, 2.75) is 12.5 Å². The Morgan fingerprint density at radius 1 is 1.38 bits per heavy atom. The number of rotatable bonds is 5. The highest BCUT2D eigenvalue weighted by Crippen LogP contribution is 2.28. The van der Waals surface area contributed by atoms with Crippen LogP contribution in [0.2, 0.25) is 10.0 Å². The lowest BCUT2D eigenvalue weighted by Crippen LogP contribution is -2.48. The van der Waals surface area contributed by atoms with Gasteiger partial charge in [0.05, 0.1) is 41.6 Å². The van der Waals surface area contributed by atoms with Gasteiger partial charge >= 0.3 is 0 Å². The number of carbonyl (C=O) groups is 1. The maximum Gasteiger partial charge on any atom is 0.239 e. The van der Waals surface area contributed by atoms with E-state index in [0.717, 1.165) is 12.2 Å². The third kappa shape index (κ3) is 5.08. The fraction of sp³-hybridized carbons (Fsp3) is 0.529. The fourth-order valence-electron chi connectivity index (χ4n) is 2.99. The quantitative estimate of drug-likeness (QED) is 0.818. The SMILES string of the molecule is COC[C@H]1CN(CC(=O)NC2=NN(c3ccc(Cl)c(Cl)c3)CC2)CCO1. The summed E-state index contributed by atoms with van der Waals surface area (Å²) in [6, 6.07) is 5.36. The van der Waals surface area contributed by atoms with E-state index in [0.29, 0.717) is 55.1 Å².